The van der Waals surface area contributed by atoms with Crippen molar-refractivity contribution in [3.63, 3.8) is 0 Å². The second kappa shape index (κ2) is 6.77. The van der Waals surface area contributed by atoms with Crippen LogP contribution in [0.5, 0.6) is 0 Å². The Morgan fingerprint density at radius 1 is 1.13 bits per heavy atom. The lowest BCUT2D eigenvalue weighted by molar-refractivity contribution is -0.142. The number of rotatable bonds is 7. The van der Waals surface area contributed by atoms with E-state index in [1.165, 1.54) is 0 Å². The molecule has 7 heteroatoms. The molecule has 0 saturated heterocycles. The first-order valence-corrected chi connectivity index (χ1v) is 4.32. The fourth-order valence-electron chi connectivity index (χ4n) is 0.873. The van der Waals surface area contributed by atoms with Gasteiger partial charge in [-0.2, -0.15) is 0 Å². The van der Waals surface area contributed by atoms with E-state index in [0.717, 1.165) is 0 Å². The van der Waals surface area contributed by atoms with Gasteiger partial charge in [-0.15, -0.1) is 0 Å². The zero-order valence-electron chi connectivity index (χ0n) is 7.97. The van der Waals surface area contributed by atoms with Gasteiger partial charge in [-0.25, -0.2) is 4.79 Å². The van der Waals surface area contributed by atoms with Gasteiger partial charge in [0.2, 0.25) is 5.91 Å². The third kappa shape index (κ3) is 6.44. The SMILES string of the molecule is O=C(O)CCC(=O)N[C@@H](CCO)C(=O)O. The van der Waals surface area contributed by atoms with Crippen molar-refractivity contribution >= 4 is 17.8 Å². The second-order valence-corrected chi connectivity index (χ2v) is 2.86. The van der Waals surface area contributed by atoms with Gasteiger partial charge < -0.3 is 20.6 Å². The summed E-state index contributed by atoms with van der Waals surface area (Å²) in [7, 11) is 0. The number of carboxylic acids is 2. The van der Waals surface area contributed by atoms with Gasteiger partial charge in [0.25, 0.3) is 0 Å². The highest BCUT2D eigenvalue weighted by atomic mass is 16.4. The molecule has 1 atom stereocenters. The van der Waals surface area contributed by atoms with Crippen molar-refractivity contribution < 1.29 is 29.7 Å². The number of hydrogen-bond donors (Lipinski definition) is 4. The van der Waals surface area contributed by atoms with E-state index < -0.39 is 23.9 Å². The lowest BCUT2D eigenvalue weighted by Crippen LogP contribution is -2.41. The molecule has 0 fully saturated rings. The molecule has 4 N–H and O–H groups in total. The lowest BCUT2D eigenvalue weighted by atomic mass is 10.2. The van der Waals surface area contributed by atoms with Crippen LogP contribution in [0.4, 0.5) is 0 Å². The molecule has 15 heavy (non-hydrogen) atoms. The molecule has 0 aromatic rings. The summed E-state index contributed by atoms with van der Waals surface area (Å²) < 4.78 is 0. The highest BCUT2D eigenvalue weighted by molar-refractivity contribution is 5.85. The van der Waals surface area contributed by atoms with E-state index >= 15 is 0 Å². The molecule has 7 nitrogen and oxygen atoms in total. The summed E-state index contributed by atoms with van der Waals surface area (Å²) in [6.45, 7) is -0.365. The standard InChI is InChI=1S/C8H13NO6/c10-4-3-5(8(14)15)9-6(11)1-2-7(12)13/h5,10H,1-4H2,(H,9,11)(H,12,13)(H,14,15)/t5-/m0/s1. The third-order valence-electron chi connectivity index (χ3n) is 1.62. The van der Waals surface area contributed by atoms with Gasteiger partial charge in [0.05, 0.1) is 6.42 Å². The Hall–Kier alpha value is -1.63. The maximum atomic E-state index is 11.0. The zero-order chi connectivity index (χ0) is 11.8. The van der Waals surface area contributed by atoms with Gasteiger partial charge in [0.1, 0.15) is 6.04 Å². The first-order chi connectivity index (χ1) is 6.97. The molecule has 86 valence electrons. The van der Waals surface area contributed by atoms with Gasteiger partial charge in [-0.1, -0.05) is 0 Å². The monoisotopic (exact) mass is 219 g/mol. The second-order valence-electron chi connectivity index (χ2n) is 2.86. The summed E-state index contributed by atoms with van der Waals surface area (Å²) >= 11 is 0. The van der Waals surface area contributed by atoms with E-state index in [2.05, 4.69) is 5.32 Å². The molecule has 0 saturated carbocycles. The highest BCUT2D eigenvalue weighted by Gasteiger charge is 2.19. The lowest BCUT2D eigenvalue weighted by Gasteiger charge is -2.12. The number of nitrogens with one attached hydrogen (secondary N) is 1. The van der Waals surface area contributed by atoms with Crippen LogP contribution in [0.1, 0.15) is 19.3 Å². The Bertz CT molecular complexity index is 252. The molecule has 0 bridgehead atoms. The number of carbonyl (C=O) groups excluding carboxylic acids is 1. The fourth-order valence-corrected chi connectivity index (χ4v) is 0.873. The Morgan fingerprint density at radius 2 is 1.73 bits per heavy atom. The minimum atomic E-state index is -1.26. The number of carboxylic acid groups (broad SMARTS) is 2. The van der Waals surface area contributed by atoms with E-state index in [-0.39, 0.29) is 25.9 Å². The van der Waals surface area contributed by atoms with E-state index in [1.807, 2.05) is 0 Å². The van der Waals surface area contributed by atoms with Gasteiger partial charge in [-0.05, 0) is 0 Å². The first kappa shape index (κ1) is 13.4. The summed E-state index contributed by atoms with van der Waals surface area (Å²) in [4.78, 5) is 31.7. The predicted octanol–water partition coefficient (Wildman–Crippen LogP) is -1.20. The maximum Gasteiger partial charge on any atom is 0.326 e. The van der Waals surface area contributed by atoms with E-state index in [1.54, 1.807) is 0 Å². The van der Waals surface area contributed by atoms with Crippen LogP contribution in [-0.2, 0) is 14.4 Å². The number of hydrogen-bond acceptors (Lipinski definition) is 4. The first-order valence-electron chi connectivity index (χ1n) is 4.32. The summed E-state index contributed by atoms with van der Waals surface area (Å²) in [6, 6.07) is -1.17. The topological polar surface area (TPSA) is 124 Å². The van der Waals surface area contributed by atoms with E-state index in [0.29, 0.717) is 0 Å². The molecule has 0 radical (unpaired) electrons. The van der Waals surface area contributed by atoms with E-state index in [9.17, 15) is 14.4 Å². The molecular formula is C8H13NO6. The number of carbonyl (C=O) groups is 3. The molecule has 0 unspecified atom stereocenters. The molecule has 0 aliphatic heterocycles. The maximum absolute atomic E-state index is 11.0. The minimum Gasteiger partial charge on any atom is -0.481 e. The molecule has 0 aromatic heterocycles. The van der Waals surface area contributed by atoms with Crippen molar-refractivity contribution in [1.29, 1.82) is 0 Å². The summed E-state index contributed by atoms with van der Waals surface area (Å²) in [5, 5.41) is 27.5. The van der Waals surface area contributed by atoms with Gasteiger partial charge in [-0.3, -0.25) is 9.59 Å². The normalized spacial score (nSPS) is 11.8. The van der Waals surface area contributed by atoms with Crippen molar-refractivity contribution in [2.45, 2.75) is 25.3 Å². The quantitative estimate of drug-likeness (QED) is 0.426. The van der Waals surface area contributed by atoms with Crippen LogP contribution in [0.25, 0.3) is 0 Å². The van der Waals surface area contributed by atoms with Crippen LogP contribution < -0.4 is 5.32 Å². The van der Waals surface area contributed by atoms with Crippen LogP contribution in [-0.4, -0.2) is 45.8 Å². The highest BCUT2D eigenvalue weighted by Crippen LogP contribution is 1.95. The summed E-state index contributed by atoms with van der Waals surface area (Å²) in [5.74, 6) is -3.04. The minimum absolute atomic E-state index is 0.103. The van der Waals surface area contributed by atoms with Crippen LogP contribution in [0.3, 0.4) is 0 Å². The summed E-state index contributed by atoms with van der Waals surface area (Å²) in [5.41, 5.74) is 0. The van der Waals surface area contributed by atoms with Crippen LogP contribution in [0, 0.1) is 0 Å². The predicted molar refractivity (Wildman–Crippen MR) is 48.1 cm³/mol. The average Bonchev–Trinajstić information content (AvgIpc) is 2.14. The van der Waals surface area contributed by atoms with Crippen molar-refractivity contribution in [1.82, 2.24) is 5.32 Å². The largest absolute Gasteiger partial charge is 0.481 e. The van der Waals surface area contributed by atoms with Crippen molar-refractivity contribution in [2.75, 3.05) is 6.61 Å². The van der Waals surface area contributed by atoms with Gasteiger partial charge >= 0.3 is 11.9 Å². The fraction of sp³-hybridized carbons (Fsp3) is 0.625. The number of amides is 1. The summed E-state index contributed by atoms with van der Waals surface area (Å²) in [6.07, 6.45) is -0.726. The molecule has 1 amide bonds. The number of aliphatic hydroxyl groups is 1. The third-order valence-corrected chi connectivity index (χ3v) is 1.62. The Balaban J connectivity index is 3.99. The van der Waals surface area contributed by atoms with Gasteiger partial charge in [0, 0.05) is 19.4 Å². The number of aliphatic carboxylic acids is 2. The average molecular weight is 219 g/mol. The molecule has 0 aliphatic rings. The van der Waals surface area contributed by atoms with E-state index in [4.69, 9.17) is 15.3 Å². The molecule has 0 aromatic carbocycles. The Labute approximate surface area is 85.7 Å². The van der Waals surface area contributed by atoms with Gasteiger partial charge in [0.15, 0.2) is 0 Å². The number of aliphatic hydroxyl groups excluding tert-OH is 1. The van der Waals surface area contributed by atoms with Crippen molar-refractivity contribution in [3.05, 3.63) is 0 Å². The zero-order valence-corrected chi connectivity index (χ0v) is 7.97. The van der Waals surface area contributed by atoms with Crippen LogP contribution >= 0.6 is 0 Å². The molecular weight excluding hydrogens is 206 g/mol. The molecule has 0 rings (SSSR count). The smallest absolute Gasteiger partial charge is 0.326 e. The van der Waals surface area contributed by atoms with Crippen LogP contribution in [0.15, 0.2) is 0 Å². The molecule has 0 heterocycles. The molecule has 0 aliphatic carbocycles. The Morgan fingerprint density at radius 3 is 2.13 bits per heavy atom. The Kier molecular flexibility index (Phi) is 6.03. The van der Waals surface area contributed by atoms with Crippen molar-refractivity contribution in [3.8, 4) is 0 Å². The van der Waals surface area contributed by atoms with Crippen molar-refractivity contribution in [2.24, 2.45) is 0 Å². The van der Waals surface area contributed by atoms with Crippen LogP contribution in [0.2, 0.25) is 0 Å². The molecule has 0 spiro atoms.